The van der Waals surface area contributed by atoms with Crippen molar-refractivity contribution in [2.45, 2.75) is 32.5 Å². The Balaban J connectivity index is 1.29. The molecule has 1 aromatic heterocycles. The quantitative estimate of drug-likeness (QED) is 0.856. The standard InChI is InChI=1S/C21H25N3O4/c22-21(26)24-7-5-15(6-8-24)13-28-20-14-27-18(9-19(20)25)12-23-10-16-3-1-2-4-17(16)11-23/h1-4,9,14-15H,5-8,10-13H2,(H2,22,26). The Kier molecular flexibility index (Phi) is 5.34. The molecule has 1 aromatic carbocycles. The molecule has 0 spiro atoms. The average molecular weight is 383 g/mol. The van der Waals surface area contributed by atoms with Gasteiger partial charge in [0.1, 0.15) is 12.0 Å². The number of ether oxygens (including phenoxy) is 1. The average Bonchev–Trinajstić information content (AvgIpc) is 3.10. The number of amides is 2. The molecule has 148 valence electrons. The third-order valence-electron chi connectivity index (χ3n) is 5.54. The predicted molar refractivity (Wildman–Crippen MR) is 104 cm³/mol. The summed E-state index contributed by atoms with van der Waals surface area (Å²) in [7, 11) is 0. The number of carbonyl (C=O) groups excluding carboxylic acids is 1. The Bertz CT molecular complexity index is 878. The fourth-order valence-electron chi connectivity index (χ4n) is 3.89. The number of benzene rings is 1. The first-order valence-corrected chi connectivity index (χ1v) is 9.66. The number of nitrogens with zero attached hydrogens (tertiary/aromatic N) is 2. The summed E-state index contributed by atoms with van der Waals surface area (Å²) >= 11 is 0. The van der Waals surface area contributed by atoms with Gasteiger partial charge in [-0.25, -0.2) is 4.79 Å². The molecule has 28 heavy (non-hydrogen) atoms. The predicted octanol–water partition coefficient (Wildman–Crippen LogP) is 2.33. The molecule has 4 rings (SSSR count). The Morgan fingerprint density at radius 2 is 1.86 bits per heavy atom. The van der Waals surface area contributed by atoms with Crippen molar-refractivity contribution in [2.75, 3.05) is 19.7 Å². The highest BCUT2D eigenvalue weighted by Crippen LogP contribution is 2.24. The molecule has 1 saturated heterocycles. The molecular weight excluding hydrogens is 358 g/mol. The summed E-state index contributed by atoms with van der Waals surface area (Å²) in [5.41, 5.74) is 7.79. The van der Waals surface area contributed by atoms with E-state index in [0.717, 1.165) is 25.9 Å². The second-order valence-corrected chi connectivity index (χ2v) is 7.57. The van der Waals surface area contributed by atoms with Crippen molar-refractivity contribution in [3.63, 3.8) is 0 Å². The fraction of sp³-hybridized carbons (Fsp3) is 0.429. The number of hydrogen-bond donors (Lipinski definition) is 1. The number of fused-ring (bicyclic) bond motifs is 1. The maximum Gasteiger partial charge on any atom is 0.314 e. The first kappa shape index (κ1) is 18.6. The van der Waals surface area contributed by atoms with Crippen LogP contribution in [0, 0.1) is 5.92 Å². The topological polar surface area (TPSA) is 89.0 Å². The molecule has 2 aliphatic heterocycles. The second kappa shape index (κ2) is 8.06. The highest BCUT2D eigenvalue weighted by Gasteiger charge is 2.22. The zero-order valence-corrected chi connectivity index (χ0v) is 15.8. The molecule has 1 fully saturated rings. The zero-order valence-electron chi connectivity index (χ0n) is 15.8. The van der Waals surface area contributed by atoms with Crippen LogP contribution >= 0.6 is 0 Å². The number of hydrogen-bond acceptors (Lipinski definition) is 5. The van der Waals surface area contributed by atoms with E-state index in [1.165, 1.54) is 23.5 Å². The lowest BCUT2D eigenvalue weighted by Gasteiger charge is -2.30. The molecule has 0 saturated carbocycles. The summed E-state index contributed by atoms with van der Waals surface area (Å²) < 4.78 is 11.3. The van der Waals surface area contributed by atoms with Crippen LogP contribution in [0.5, 0.6) is 5.75 Å². The highest BCUT2D eigenvalue weighted by molar-refractivity contribution is 5.72. The molecule has 7 heteroatoms. The summed E-state index contributed by atoms with van der Waals surface area (Å²) in [6.07, 6.45) is 3.06. The number of carbonyl (C=O) groups is 1. The van der Waals surface area contributed by atoms with Gasteiger partial charge in [-0.05, 0) is 29.9 Å². The normalized spacial score (nSPS) is 17.5. The minimum Gasteiger partial charge on any atom is -0.486 e. The van der Waals surface area contributed by atoms with Crippen LogP contribution in [0.25, 0.3) is 0 Å². The Labute approximate surface area is 163 Å². The Morgan fingerprint density at radius 1 is 1.18 bits per heavy atom. The van der Waals surface area contributed by atoms with Gasteiger partial charge in [0.25, 0.3) is 0 Å². The van der Waals surface area contributed by atoms with Gasteiger partial charge in [0.05, 0.1) is 13.2 Å². The summed E-state index contributed by atoms with van der Waals surface area (Å²) in [6, 6.07) is 9.51. The summed E-state index contributed by atoms with van der Waals surface area (Å²) in [5, 5.41) is 0. The van der Waals surface area contributed by atoms with Crippen LogP contribution in [0.15, 0.2) is 45.8 Å². The maximum absolute atomic E-state index is 12.4. The van der Waals surface area contributed by atoms with Crippen molar-refractivity contribution < 1.29 is 13.9 Å². The summed E-state index contributed by atoms with van der Waals surface area (Å²) in [5.74, 6) is 1.18. The first-order chi connectivity index (χ1) is 13.6. The van der Waals surface area contributed by atoms with Gasteiger partial charge in [-0.1, -0.05) is 24.3 Å². The molecule has 0 bridgehead atoms. The van der Waals surface area contributed by atoms with Crippen LogP contribution in [0.4, 0.5) is 4.79 Å². The monoisotopic (exact) mass is 383 g/mol. The molecule has 0 unspecified atom stereocenters. The number of likely N-dealkylation sites (tertiary alicyclic amines) is 1. The second-order valence-electron chi connectivity index (χ2n) is 7.57. The van der Waals surface area contributed by atoms with Crippen molar-refractivity contribution in [2.24, 2.45) is 11.7 Å². The molecular formula is C21H25N3O4. The lowest BCUT2D eigenvalue weighted by molar-refractivity contribution is 0.148. The summed E-state index contributed by atoms with van der Waals surface area (Å²) in [4.78, 5) is 27.4. The Hall–Kier alpha value is -2.80. The first-order valence-electron chi connectivity index (χ1n) is 9.66. The van der Waals surface area contributed by atoms with E-state index < -0.39 is 0 Å². The van der Waals surface area contributed by atoms with Crippen molar-refractivity contribution in [3.05, 3.63) is 63.7 Å². The largest absolute Gasteiger partial charge is 0.486 e. The summed E-state index contributed by atoms with van der Waals surface area (Å²) in [6.45, 7) is 4.03. The van der Waals surface area contributed by atoms with E-state index in [-0.39, 0.29) is 17.2 Å². The molecule has 0 atom stereocenters. The number of piperidine rings is 1. The van der Waals surface area contributed by atoms with Crippen molar-refractivity contribution in [3.8, 4) is 5.75 Å². The smallest absolute Gasteiger partial charge is 0.314 e. The number of urea groups is 1. The fourth-order valence-corrected chi connectivity index (χ4v) is 3.89. The van der Waals surface area contributed by atoms with E-state index in [1.54, 1.807) is 4.90 Å². The maximum atomic E-state index is 12.4. The van der Waals surface area contributed by atoms with E-state index in [4.69, 9.17) is 14.9 Å². The molecule has 0 aliphatic carbocycles. The molecule has 7 nitrogen and oxygen atoms in total. The van der Waals surface area contributed by atoms with Crippen molar-refractivity contribution >= 4 is 6.03 Å². The minimum atomic E-state index is -0.378. The van der Waals surface area contributed by atoms with Gasteiger partial charge in [-0.2, -0.15) is 0 Å². The number of primary amides is 1. The highest BCUT2D eigenvalue weighted by atomic mass is 16.5. The van der Waals surface area contributed by atoms with Gasteiger partial charge in [0.2, 0.25) is 11.2 Å². The van der Waals surface area contributed by atoms with E-state index in [9.17, 15) is 9.59 Å². The van der Waals surface area contributed by atoms with Gasteiger partial charge in [-0.3, -0.25) is 9.69 Å². The molecule has 3 heterocycles. The molecule has 2 N–H and O–H groups in total. The number of nitrogens with two attached hydrogens (primary N) is 1. The van der Waals surface area contributed by atoms with Crippen LogP contribution < -0.4 is 15.9 Å². The van der Waals surface area contributed by atoms with Crippen LogP contribution in [-0.2, 0) is 19.6 Å². The molecule has 0 radical (unpaired) electrons. The third kappa shape index (κ3) is 4.20. The zero-order chi connectivity index (χ0) is 19.5. The Morgan fingerprint density at radius 3 is 2.46 bits per heavy atom. The van der Waals surface area contributed by atoms with Crippen LogP contribution in [-0.4, -0.2) is 35.5 Å². The van der Waals surface area contributed by atoms with E-state index in [1.807, 2.05) is 12.1 Å². The van der Waals surface area contributed by atoms with Crippen molar-refractivity contribution in [1.29, 1.82) is 0 Å². The number of rotatable bonds is 5. The lowest BCUT2D eigenvalue weighted by Crippen LogP contribution is -2.42. The van der Waals surface area contributed by atoms with E-state index >= 15 is 0 Å². The van der Waals surface area contributed by atoms with Crippen molar-refractivity contribution in [1.82, 2.24) is 9.80 Å². The van der Waals surface area contributed by atoms with Gasteiger partial charge in [0, 0.05) is 32.2 Å². The molecule has 2 aliphatic rings. The lowest BCUT2D eigenvalue weighted by atomic mass is 9.98. The van der Waals surface area contributed by atoms with Crippen LogP contribution in [0.1, 0.15) is 29.7 Å². The van der Waals surface area contributed by atoms with Gasteiger partial charge < -0.3 is 19.8 Å². The van der Waals surface area contributed by atoms with E-state index in [2.05, 4.69) is 17.0 Å². The minimum absolute atomic E-state index is 0.160. The van der Waals surface area contributed by atoms with Gasteiger partial charge in [0.15, 0.2) is 0 Å². The molecule has 2 aromatic rings. The van der Waals surface area contributed by atoms with Gasteiger partial charge in [-0.15, -0.1) is 0 Å². The van der Waals surface area contributed by atoms with Crippen LogP contribution in [0.2, 0.25) is 0 Å². The molecule has 2 amide bonds. The van der Waals surface area contributed by atoms with Crippen LogP contribution in [0.3, 0.4) is 0 Å². The SMILES string of the molecule is NC(=O)N1CCC(COc2coc(CN3Cc4ccccc4C3)cc2=O)CC1. The third-order valence-corrected chi connectivity index (χ3v) is 5.54. The van der Waals surface area contributed by atoms with Gasteiger partial charge >= 0.3 is 6.03 Å². The van der Waals surface area contributed by atoms with E-state index in [0.29, 0.717) is 37.9 Å².